The van der Waals surface area contributed by atoms with Crippen LogP contribution < -0.4 is 21.1 Å². The van der Waals surface area contributed by atoms with Crippen molar-refractivity contribution < 1.29 is 48.0 Å². The van der Waals surface area contributed by atoms with E-state index in [1.165, 1.54) is 7.05 Å². The molecule has 0 saturated carbocycles. The van der Waals surface area contributed by atoms with Crippen LogP contribution in [0.1, 0.15) is 58.8 Å². The smallest absolute Gasteiger partial charge is 0.368 e. The van der Waals surface area contributed by atoms with Gasteiger partial charge in [0, 0.05) is 43.1 Å². The van der Waals surface area contributed by atoms with Crippen LogP contribution in [0.4, 0.5) is 26.2 Å². The van der Waals surface area contributed by atoms with E-state index in [9.17, 15) is 34.5 Å². The van der Waals surface area contributed by atoms with Gasteiger partial charge in [-0.2, -0.15) is 14.3 Å². The van der Waals surface area contributed by atoms with Crippen molar-refractivity contribution in [2.75, 3.05) is 23.8 Å². The van der Waals surface area contributed by atoms with E-state index in [0.29, 0.717) is 6.04 Å². The Balaban J connectivity index is 1.30. The van der Waals surface area contributed by atoms with Gasteiger partial charge in [-0.15, -0.1) is 0 Å². The summed E-state index contributed by atoms with van der Waals surface area (Å²) in [5.41, 5.74) is -1.33. The van der Waals surface area contributed by atoms with E-state index in [1.54, 1.807) is 0 Å². The third-order valence-electron chi connectivity index (χ3n) is 10.3. The number of aliphatic carboxylic acids is 3. The SMILES string of the molecule is Cn1nnn(-c2cc(Nc3ncc(F)c(N[C@@H]4C[C@@H]5CCCN5C(C)(C)C4)n3)c(F)cc2OC2OC[C@H](CC(=O)O)[C@@H](CC(=O)O)[C@@H]2CC(=O)O)c1=O. The van der Waals surface area contributed by atoms with E-state index in [-0.39, 0.29) is 47.1 Å². The Bertz CT molecular complexity index is 1940. The Morgan fingerprint density at radius 1 is 1.04 bits per heavy atom. The van der Waals surface area contributed by atoms with Crippen molar-refractivity contribution in [2.45, 2.75) is 82.7 Å². The molecular weight excluding hydrogens is 704 g/mol. The Morgan fingerprint density at radius 3 is 2.43 bits per heavy atom. The molecule has 5 N–H and O–H groups in total. The number of fused-ring (bicyclic) bond motifs is 1. The molecular formula is C33H41F2N9O9. The number of aryl methyl sites for hydroxylation is 1. The standard InChI is InChI=1S/C33H41F2N9O9/c1-33(2)13-17(8-18-5-4-6-43(18)33)37-29-22(35)14-36-31(39-29)38-23-12-24(44-32(51)42(3)40-41-44)25(11-21(23)34)53-30-20(10-28(49)50)19(9-27(47)48)16(15-52-30)7-26(45)46/h11-12,14,16-20,30H,4-10,13,15H2,1-3H3,(H,45,46)(H,47,48)(H,49,50)(H2,36,37,38,39)/t16-,17+,18-,19+,20-,30?/m0/s1. The van der Waals surface area contributed by atoms with E-state index in [4.69, 9.17) is 9.47 Å². The quantitative estimate of drug-likeness (QED) is 0.169. The molecule has 20 heteroatoms. The van der Waals surface area contributed by atoms with Crippen LogP contribution in [-0.2, 0) is 26.2 Å². The summed E-state index contributed by atoms with van der Waals surface area (Å²) in [6, 6.07) is 2.29. The highest BCUT2D eigenvalue weighted by Crippen LogP contribution is 2.41. The summed E-state index contributed by atoms with van der Waals surface area (Å²) >= 11 is 0. The number of nitrogens with zero attached hydrogens (tertiary/aromatic N) is 7. The van der Waals surface area contributed by atoms with Gasteiger partial charge in [0.1, 0.15) is 5.69 Å². The van der Waals surface area contributed by atoms with Crippen LogP contribution >= 0.6 is 0 Å². The van der Waals surface area contributed by atoms with Gasteiger partial charge in [0.05, 0.1) is 31.3 Å². The fourth-order valence-corrected chi connectivity index (χ4v) is 7.99. The first-order valence-electron chi connectivity index (χ1n) is 17.2. The van der Waals surface area contributed by atoms with Crippen LogP contribution in [0, 0.1) is 29.4 Å². The number of hydrogen-bond acceptors (Lipinski definition) is 13. The molecule has 0 spiro atoms. The van der Waals surface area contributed by atoms with Crippen LogP contribution in [-0.4, -0.2) is 105 Å². The number of anilines is 3. The van der Waals surface area contributed by atoms with E-state index in [0.717, 1.165) is 59.9 Å². The third-order valence-corrected chi connectivity index (χ3v) is 10.3. The molecule has 286 valence electrons. The van der Waals surface area contributed by atoms with Crippen molar-refractivity contribution >= 4 is 35.4 Å². The van der Waals surface area contributed by atoms with Crippen LogP contribution in [0.2, 0.25) is 0 Å². The van der Waals surface area contributed by atoms with Gasteiger partial charge in [-0.25, -0.2) is 18.6 Å². The number of benzene rings is 1. The number of halogens is 2. The molecule has 0 radical (unpaired) electrons. The number of piperidine rings is 1. The maximum absolute atomic E-state index is 15.9. The summed E-state index contributed by atoms with van der Waals surface area (Å²) in [5.74, 6) is -9.20. The molecule has 2 aromatic heterocycles. The highest BCUT2D eigenvalue weighted by molar-refractivity contribution is 5.70. The number of tetrazole rings is 1. The second kappa shape index (κ2) is 15.0. The lowest BCUT2D eigenvalue weighted by Gasteiger charge is -2.47. The molecule has 0 amide bonds. The van der Waals surface area contributed by atoms with Gasteiger partial charge >= 0.3 is 23.6 Å². The summed E-state index contributed by atoms with van der Waals surface area (Å²) in [5, 5.41) is 42.2. The summed E-state index contributed by atoms with van der Waals surface area (Å²) in [6.07, 6.45) is 1.41. The number of hydrogen-bond donors (Lipinski definition) is 5. The van der Waals surface area contributed by atoms with Crippen LogP contribution in [0.5, 0.6) is 5.75 Å². The number of carboxylic acids is 3. The van der Waals surface area contributed by atoms with Gasteiger partial charge in [-0.05, 0) is 74.4 Å². The third kappa shape index (κ3) is 8.22. The fourth-order valence-electron chi connectivity index (χ4n) is 7.99. The van der Waals surface area contributed by atoms with E-state index < -0.39 is 78.5 Å². The molecule has 5 heterocycles. The number of carbonyl (C=O) groups is 3. The van der Waals surface area contributed by atoms with Gasteiger partial charge in [-0.1, -0.05) is 0 Å². The summed E-state index contributed by atoms with van der Waals surface area (Å²) in [4.78, 5) is 59.0. The van der Waals surface area contributed by atoms with Crippen LogP contribution in [0.3, 0.4) is 0 Å². The minimum absolute atomic E-state index is 0.0727. The lowest BCUT2D eigenvalue weighted by Crippen LogP contribution is -2.55. The highest BCUT2D eigenvalue weighted by Gasteiger charge is 2.45. The number of rotatable bonds is 13. The minimum Gasteiger partial charge on any atom is -0.481 e. The van der Waals surface area contributed by atoms with E-state index >= 15 is 8.78 Å². The van der Waals surface area contributed by atoms with E-state index in [1.807, 2.05) is 0 Å². The normalized spacial score (nSPS) is 25.4. The molecule has 6 atom stereocenters. The van der Waals surface area contributed by atoms with Crippen molar-refractivity contribution in [1.29, 1.82) is 0 Å². The zero-order chi connectivity index (χ0) is 38.2. The first kappa shape index (κ1) is 37.5. The summed E-state index contributed by atoms with van der Waals surface area (Å²) < 4.78 is 44.4. The fraction of sp³-hybridized carbons (Fsp3) is 0.576. The monoisotopic (exact) mass is 745 g/mol. The topological polar surface area (TPSA) is 236 Å². The highest BCUT2D eigenvalue weighted by atomic mass is 19.1. The van der Waals surface area contributed by atoms with Gasteiger partial charge in [0.25, 0.3) is 0 Å². The maximum Gasteiger partial charge on any atom is 0.368 e. The van der Waals surface area contributed by atoms with Crippen LogP contribution in [0.25, 0.3) is 5.69 Å². The lowest BCUT2D eigenvalue weighted by molar-refractivity contribution is -0.195. The molecule has 3 aliphatic heterocycles. The Hall–Kier alpha value is -5.24. The lowest BCUT2D eigenvalue weighted by atomic mass is 9.74. The van der Waals surface area contributed by atoms with Gasteiger partial charge < -0.3 is 35.4 Å². The second-order valence-corrected chi connectivity index (χ2v) is 14.4. The molecule has 0 bridgehead atoms. The number of aromatic nitrogens is 6. The minimum atomic E-state index is -1.50. The second-order valence-electron chi connectivity index (χ2n) is 14.4. The average Bonchev–Trinajstić information content (AvgIpc) is 3.68. The predicted octanol–water partition coefficient (Wildman–Crippen LogP) is 2.60. The van der Waals surface area contributed by atoms with Crippen molar-refractivity contribution in [3.05, 3.63) is 40.4 Å². The van der Waals surface area contributed by atoms with Crippen molar-refractivity contribution in [3.8, 4) is 11.4 Å². The number of carboxylic acid groups (broad SMARTS) is 3. The van der Waals surface area contributed by atoms with Crippen molar-refractivity contribution in [3.63, 3.8) is 0 Å². The molecule has 0 aliphatic carbocycles. The van der Waals surface area contributed by atoms with Crippen molar-refractivity contribution in [1.82, 2.24) is 34.7 Å². The van der Waals surface area contributed by atoms with Gasteiger partial charge in [-0.3, -0.25) is 19.3 Å². The van der Waals surface area contributed by atoms with Gasteiger partial charge in [0.15, 0.2) is 23.2 Å². The largest absolute Gasteiger partial charge is 0.481 e. The molecule has 3 aromatic rings. The molecule has 1 unspecified atom stereocenters. The number of nitrogens with one attached hydrogen (secondary N) is 2. The zero-order valence-corrected chi connectivity index (χ0v) is 29.2. The Kier molecular flexibility index (Phi) is 10.6. The molecule has 53 heavy (non-hydrogen) atoms. The number of ether oxygens (including phenoxy) is 2. The maximum atomic E-state index is 15.9. The predicted molar refractivity (Wildman–Crippen MR) is 180 cm³/mol. The van der Waals surface area contributed by atoms with Crippen molar-refractivity contribution in [2.24, 2.45) is 24.8 Å². The summed E-state index contributed by atoms with van der Waals surface area (Å²) in [7, 11) is 1.32. The van der Waals surface area contributed by atoms with Crippen LogP contribution in [0.15, 0.2) is 23.1 Å². The molecule has 6 rings (SSSR count). The van der Waals surface area contributed by atoms with E-state index in [2.05, 4.69) is 49.8 Å². The molecule has 1 aromatic carbocycles. The molecule has 3 aliphatic rings. The molecule has 3 fully saturated rings. The zero-order valence-electron chi connectivity index (χ0n) is 29.2. The summed E-state index contributed by atoms with van der Waals surface area (Å²) in [6.45, 7) is 5.04. The first-order valence-corrected chi connectivity index (χ1v) is 17.2. The first-order chi connectivity index (χ1) is 25.1. The Labute approximate surface area is 301 Å². The van der Waals surface area contributed by atoms with Gasteiger partial charge in [0.2, 0.25) is 12.2 Å². The molecule has 3 saturated heterocycles. The average molecular weight is 746 g/mol. The Morgan fingerprint density at radius 2 is 1.75 bits per heavy atom. The molecule has 18 nitrogen and oxygen atoms in total.